The Bertz CT molecular complexity index is 493. The molecule has 0 aliphatic heterocycles. The van der Waals surface area contributed by atoms with Crippen molar-refractivity contribution in [3.05, 3.63) is 12.2 Å². The molecular formula is C8H9F2N5. The molecule has 0 aliphatic carbocycles. The molecule has 7 heteroatoms. The largest absolute Gasteiger partial charge is 0.382 e. The summed E-state index contributed by atoms with van der Waals surface area (Å²) in [6, 6.07) is 0. The topological polar surface area (TPSA) is 69.6 Å². The summed E-state index contributed by atoms with van der Waals surface area (Å²) in [6.07, 6.45) is -1.22. The molecule has 80 valence electrons. The van der Waals surface area contributed by atoms with Gasteiger partial charge in [0.1, 0.15) is 5.52 Å². The van der Waals surface area contributed by atoms with Crippen molar-refractivity contribution in [1.82, 2.24) is 19.5 Å². The molecule has 0 aliphatic rings. The first kappa shape index (κ1) is 9.75. The maximum atomic E-state index is 12.4. The Morgan fingerprint density at radius 2 is 2.20 bits per heavy atom. The molecule has 0 radical (unpaired) electrons. The Hall–Kier alpha value is -1.79. The van der Waals surface area contributed by atoms with E-state index in [4.69, 9.17) is 5.73 Å². The standard InChI is InChI=1S/C8H9F2N5/c1-2-15-3-12-4-6(11)13-7(5(9)10)14-8(4)15/h3,5H,2H2,1H3,(H2,11,13,14). The van der Waals surface area contributed by atoms with Crippen LogP contribution in [0.2, 0.25) is 0 Å². The van der Waals surface area contributed by atoms with Crippen molar-refractivity contribution in [3.8, 4) is 0 Å². The summed E-state index contributed by atoms with van der Waals surface area (Å²) in [7, 11) is 0. The zero-order chi connectivity index (χ0) is 11.0. The minimum atomic E-state index is -2.73. The number of imidazole rings is 1. The van der Waals surface area contributed by atoms with E-state index in [0.29, 0.717) is 17.7 Å². The third-order valence-electron chi connectivity index (χ3n) is 2.04. The molecule has 2 rings (SSSR count). The molecule has 0 unspecified atom stereocenters. The lowest BCUT2D eigenvalue weighted by atomic mass is 10.4. The Labute approximate surface area is 84.0 Å². The van der Waals surface area contributed by atoms with Crippen LogP contribution in [0.25, 0.3) is 11.2 Å². The fourth-order valence-electron chi connectivity index (χ4n) is 1.31. The summed E-state index contributed by atoms with van der Waals surface area (Å²) in [5.74, 6) is -0.572. The van der Waals surface area contributed by atoms with Crippen LogP contribution in [0.3, 0.4) is 0 Å². The number of hydrogen-bond donors (Lipinski definition) is 1. The predicted molar refractivity (Wildman–Crippen MR) is 50.4 cm³/mol. The van der Waals surface area contributed by atoms with Crippen LogP contribution in [-0.4, -0.2) is 19.5 Å². The van der Waals surface area contributed by atoms with Gasteiger partial charge in [0, 0.05) is 6.54 Å². The molecule has 0 bridgehead atoms. The van der Waals surface area contributed by atoms with Crippen LogP contribution in [0, 0.1) is 0 Å². The number of aryl methyl sites for hydroxylation is 1. The van der Waals surface area contributed by atoms with Crippen molar-refractivity contribution < 1.29 is 8.78 Å². The highest BCUT2D eigenvalue weighted by molar-refractivity contribution is 5.81. The molecule has 2 aromatic heterocycles. The second-order valence-electron chi connectivity index (χ2n) is 2.97. The number of rotatable bonds is 2. The Balaban J connectivity index is 2.71. The van der Waals surface area contributed by atoms with Crippen molar-refractivity contribution in [2.75, 3.05) is 5.73 Å². The summed E-state index contributed by atoms with van der Waals surface area (Å²) in [6.45, 7) is 2.46. The van der Waals surface area contributed by atoms with Crippen LogP contribution in [0.4, 0.5) is 14.6 Å². The van der Waals surface area contributed by atoms with Gasteiger partial charge in [-0.05, 0) is 6.92 Å². The number of nitrogens with zero attached hydrogens (tertiary/aromatic N) is 4. The predicted octanol–water partition coefficient (Wildman–Crippen LogP) is 1.37. The van der Waals surface area contributed by atoms with Gasteiger partial charge >= 0.3 is 0 Å². The maximum absolute atomic E-state index is 12.4. The van der Waals surface area contributed by atoms with Crippen LogP contribution >= 0.6 is 0 Å². The van der Waals surface area contributed by atoms with Crippen LogP contribution in [0.15, 0.2) is 6.33 Å². The average molecular weight is 213 g/mol. The fraction of sp³-hybridized carbons (Fsp3) is 0.375. The van der Waals surface area contributed by atoms with Crippen molar-refractivity contribution in [2.24, 2.45) is 0 Å². The summed E-state index contributed by atoms with van der Waals surface area (Å²) >= 11 is 0. The average Bonchev–Trinajstić information content (AvgIpc) is 2.60. The van der Waals surface area contributed by atoms with E-state index in [1.807, 2.05) is 6.92 Å². The molecule has 0 fully saturated rings. The molecule has 0 saturated carbocycles. The number of nitrogens with two attached hydrogens (primary N) is 1. The third-order valence-corrected chi connectivity index (χ3v) is 2.04. The van der Waals surface area contributed by atoms with Crippen LogP contribution in [-0.2, 0) is 6.54 Å². The molecule has 2 N–H and O–H groups in total. The number of fused-ring (bicyclic) bond motifs is 1. The molecular weight excluding hydrogens is 204 g/mol. The van der Waals surface area contributed by atoms with Gasteiger partial charge in [0.2, 0.25) is 0 Å². The van der Waals surface area contributed by atoms with Crippen LogP contribution in [0.1, 0.15) is 19.2 Å². The Morgan fingerprint density at radius 3 is 2.80 bits per heavy atom. The van der Waals surface area contributed by atoms with Crippen LogP contribution < -0.4 is 5.73 Å². The zero-order valence-electron chi connectivity index (χ0n) is 7.98. The highest BCUT2D eigenvalue weighted by Crippen LogP contribution is 2.21. The van der Waals surface area contributed by atoms with Crippen molar-refractivity contribution >= 4 is 17.0 Å². The minimum absolute atomic E-state index is 0.0116. The molecule has 0 aromatic carbocycles. The fourth-order valence-corrected chi connectivity index (χ4v) is 1.31. The number of alkyl halides is 2. The molecule has 0 saturated heterocycles. The van der Waals surface area contributed by atoms with E-state index >= 15 is 0 Å². The van der Waals surface area contributed by atoms with E-state index < -0.39 is 12.2 Å². The smallest absolute Gasteiger partial charge is 0.297 e. The number of halogens is 2. The molecule has 5 nitrogen and oxygen atoms in total. The summed E-state index contributed by atoms with van der Waals surface area (Å²) in [5.41, 5.74) is 6.21. The molecule has 15 heavy (non-hydrogen) atoms. The van der Waals surface area contributed by atoms with Gasteiger partial charge in [-0.2, -0.15) is 0 Å². The Morgan fingerprint density at radius 1 is 1.47 bits per heavy atom. The number of anilines is 1. The zero-order valence-corrected chi connectivity index (χ0v) is 7.98. The first-order valence-corrected chi connectivity index (χ1v) is 4.40. The van der Waals surface area contributed by atoms with Gasteiger partial charge in [0.25, 0.3) is 6.43 Å². The SMILES string of the molecule is CCn1cnc2c(N)nc(C(F)F)nc21. The highest BCUT2D eigenvalue weighted by Gasteiger charge is 2.16. The highest BCUT2D eigenvalue weighted by atomic mass is 19.3. The lowest BCUT2D eigenvalue weighted by Crippen LogP contribution is -2.03. The quantitative estimate of drug-likeness (QED) is 0.817. The molecule has 2 aromatic rings. The summed E-state index contributed by atoms with van der Waals surface area (Å²) in [5, 5.41) is 0. The maximum Gasteiger partial charge on any atom is 0.297 e. The van der Waals surface area contributed by atoms with Gasteiger partial charge in [-0.1, -0.05) is 0 Å². The molecule has 2 heterocycles. The van der Waals surface area contributed by atoms with Gasteiger partial charge in [0.15, 0.2) is 17.3 Å². The minimum Gasteiger partial charge on any atom is -0.382 e. The monoisotopic (exact) mass is 213 g/mol. The second kappa shape index (κ2) is 3.41. The summed E-state index contributed by atoms with van der Waals surface area (Å²) < 4.78 is 26.5. The van der Waals surface area contributed by atoms with E-state index in [9.17, 15) is 8.78 Å². The lowest BCUT2D eigenvalue weighted by molar-refractivity contribution is 0.141. The van der Waals surface area contributed by atoms with Gasteiger partial charge in [-0.25, -0.2) is 23.7 Å². The number of nitrogen functional groups attached to an aromatic ring is 1. The molecule has 0 amide bonds. The third kappa shape index (κ3) is 1.49. The van der Waals surface area contributed by atoms with Gasteiger partial charge in [-0.3, -0.25) is 0 Å². The van der Waals surface area contributed by atoms with Crippen molar-refractivity contribution in [3.63, 3.8) is 0 Å². The first-order chi connectivity index (χ1) is 7.13. The summed E-state index contributed by atoms with van der Waals surface area (Å²) in [4.78, 5) is 11.2. The Kier molecular flexibility index (Phi) is 2.22. The van der Waals surface area contributed by atoms with E-state index in [0.717, 1.165) is 0 Å². The number of aromatic nitrogens is 4. The second-order valence-corrected chi connectivity index (χ2v) is 2.97. The van der Waals surface area contributed by atoms with Crippen LogP contribution in [0.5, 0.6) is 0 Å². The number of hydrogen-bond acceptors (Lipinski definition) is 4. The van der Waals surface area contributed by atoms with Crippen molar-refractivity contribution in [1.29, 1.82) is 0 Å². The first-order valence-electron chi connectivity index (χ1n) is 4.40. The van der Waals surface area contributed by atoms with E-state index in [1.54, 1.807) is 4.57 Å². The van der Waals surface area contributed by atoms with E-state index in [-0.39, 0.29) is 5.82 Å². The lowest BCUT2D eigenvalue weighted by Gasteiger charge is -2.02. The van der Waals surface area contributed by atoms with E-state index in [1.165, 1.54) is 6.33 Å². The molecule has 0 atom stereocenters. The van der Waals surface area contributed by atoms with Crippen molar-refractivity contribution in [2.45, 2.75) is 19.9 Å². The van der Waals surface area contributed by atoms with Gasteiger partial charge in [-0.15, -0.1) is 0 Å². The van der Waals surface area contributed by atoms with E-state index in [2.05, 4.69) is 15.0 Å². The normalized spacial score (nSPS) is 11.5. The molecule has 0 spiro atoms. The van der Waals surface area contributed by atoms with Gasteiger partial charge < -0.3 is 10.3 Å². The van der Waals surface area contributed by atoms with Gasteiger partial charge in [0.05, 0.1) is 6.33 Å².